The molecule has 16 heavy (non-hydrogen) atoms. The van der Waals surface area contributed by atoms with Gasteiger partial charge < -0.3 is 5.32 Å². The first-order chi connectivity index (χ1) is 7.72. The van der Waals surface area contributed by atoms with Crippen molar-refractivity contribution in [3.63, 3.8) is 0 Å². The number of nitrogens with two attached hydrogens (primary N) is 1. The molecule has 1 heterocycles. The Balaban J connectivity index is 2.11. The van der Waals surface area contributed by atoms with E-state index in [0.29, 0.717) is 11.7 Å². The van der Waals surface area contributed by atoms with Crippen molar-refractivity contribution in [2.24, 2.45) is 0 Å². The predicted molar refractivity (Wildman–Crippen MR) is 66.7 cm³/mol. The van der Waals surface area contributed by atoms with Crippen LogP contribution in [0.3, 0.4) is 0 Å². The lowest BCUT2D eigenvalue weighted by atomic mass is 10.2. The van der Waals surface area contributed by atoms with Crippen LogP contribution in [0.15, 0.2) is 5.38 Å². The van der Waals surface area contributed by atoms with Gasteiger partial charge in [0.25, 0.3) is 5.91 Å². The third kappa shape index (κ3) is 5.23. The van der Waals surface area contributed by atoms with Gasteiger partial charge in [0.05, 0.1) is 12.2 Å². The SMILES string of the molecule is CCCCC[NH2+]CC(=O)Nc1nc(C)cs1. The van der Waals surface area contributed by atoms with Gasteiger partial charge in [0.15, 0.2) is 11.7 Å². The van der Waals surface area contributed by atoms with Crippen LogP contribution >= 0.6 is 11.3 Å². The number of quaternary nitrogens is 1. The fraction of sp³-hybridized carbons (Fsp3) is 0.636. The van der Waals surface area contributed by atoms with Crippen LogP contribution in [0.5, 0.6) is 0 Å². The second kappa shape index (κ2) is 7.35. The van der Waals surface area contributed by atoms with Crippen LogP contribution in [0.4, 0.5) is 5.13 Å². The smallest absolute Gasteiger partial charge is 0.281 e. The molecule has 5 heteroatoms. The molecule has 0 aliphatic heterocycles. The molecule has 4 nitrogen and oxygen atoms in total. The minimum atomic E-state index is 0.0332. The van der Waals surface area contributed by atoms with Gasteiger partial charge in [0.2, 0.25) is 0 Å². The Morgan fingerprint density at radius 2 is 2.38 bits per heavy atom. The number of aryl methyl sites for hydroxylation is 1. The van der Waals surface area contributed by atoms with E-state index in [1.165, 1.54) is 30.6 Å². The van der Waals surface area contributed by atoms with Crippen molar-refractivity contribution in [2.45, 2.75) is 33.1 Å². The predicted octanol–water partition coefficient (Wildman–Crippen LogP) is 1.14. The Bertz CT molecular complexity index is 325. The molecular weight excluding hydrogens is 222 g/mol. The molecule has 1 rings (SSSR count). The lowest BCUT2D eigenvalue weighted by molar-refractivity contribution is -0.643. The van der Waals surface area contributed by atoms with E-state index in [1.54, 1.807) is 0 Å². The standard InChI is InChI=1S/C11H19N3OS/c1-3-4-5-6-12-7-10(15)14-11-13-9(2)8-16-11/h8,12H,3-7H2,1-2H3,(H,13,14,15)/p+1. The number of hydrogen-bond acceptors (Lipinski definition) is 3. The zero-order chi connectivity index (χ0) is 11.8. The second-order valence-electron chi connectivity index (χ2n) is 3.83. The first-order valence-electron chi connectivity index (χ1n) is 5.76. The number of carbonyl (C=O) groups excluding carboxylic acids is 1. The Labute approximate surface area is 100 Å². The van der Waals surface area contributed by atoms with Crippen LogP contribution in [0.1, 0.15) is 31.9 Å². The van der Waals surface area contributed by atoms with Crippen molar-refractivity contribution in [1.82, 2.24) is 4.98 Å². The third-order valence-electron chi connectivity index (χ3n) is 2.21. The summed E-state index contributed by atoms with van der Waals surface area (Å²) in [6, 6.07) is 0. The molecule has 1 aromatic heterocycles. The number of amides is 1. The van der Waals surface area contributed by atoms with Gasteiger partial charge >= 0.3 is 0 Å². The van der Waals surface area contributed by atoms with E-state index in [0.717, 1.165) is 12.2 Å². The molecule has 0 radical (unpaired) electrons. The molecule has 0 bridgehead atoms. The zero-order valence-corrected chi connectivity index (χ0v) is 10.8. The highest BCUT2D eigenvalue weighted by molar-refractivity contribution is 7.13. The van der Waals surface area contributed by atoms with Crippen LogP contribution in [-0.4, -0.2) is 24.0 Å². The van der Waals surface area contributed by atoms with E-state index in [2.05, 4.69) is 17.2 Å². The molecule has 0 saturated carbocycles. The highest BCUT2D eigenvalue weighted by Gasteiger charge is 2.06. The Hall–Kier alpha value is -0.940. The van der Waals surface area contributed by atoms with Gasteiger partial charge in [-0.2, -0.15) is 0 Å². The van der Waals surface area contributed by atoms with E-state index in [-0.39, 0.29) is 5.91 Å². The van der Waals surface area contributed by atoms with E-state index in [4.69, 9.17) is 0 Å². The Morgan fingerprint density at radius 1 is 1.56 bits per heavy atom. The lowest BCUT2D eigenvalue weighted by Gasteiger charge is -2.01. The summed E-state index contributed by atoms with van der Waals surface area (Å²) in [6.45, 7) is 5.61. The average Bonchev–Trinajstić information content (AvgIpc) is 2.63. The summed E-state index contributed by atoms with van der Waals surface area (Å²) >= 11 is 1.47. The topological polar surface area (TPSA) is 58.6 Å². The van der Waals surface area contributed by atoms with E-state index in [1.807, 2.05) is 17.6 Å². The molecule has 0 saturated heterocycles. The summed E-state index contributed by atoms with van der Waals surface area (Å²) in [5.41, 5.74) is 0.951. The van der Waals surface area contributed by atoms with Gasteiger partial charge in [0, 0.05) is 5.38 Å². The maximum absolute atomic E-state index is 11.5. The van der Waals surface area contributed by atoms with Crippen LogP contribution in [0.25, 0.3) is 0 Å². The number of nitrogens with zero attached hydrogens (tertiary/aromatic N) is 1. The Morgan fingerprint density at radius 3 is 3.00 bits per heavy atom. The molecule has 0 unspecified atom stereocenters. The van der Waals surface area contributed by atoms with Crippen molar-refractivity contribution < 1.29 is 10.1 Å². The van der Waals surface area contributed by atoms with Gasteiger partial charge in [0.1, 0.15) is 0 Å². The van der Waals surface area contributed by atoms with Crippen molar-refractivity contribution >= 4 is 22.4 Å². The van der Waals surface area contributed by atoms with Crippen molar-refractivity contribution in [3.05, 3.63) is 11.1 Å². The quantitative estimate of drug-likeness (QED) is 0.705. The maximum Gasteiger partial charge on any atom is 0.281 e. The van der Waals surface area contributed by atoms with Gasteiger partial charge in [-0.25, -0.2) is 4.98 Å². The molecule has 0 spiro atoms. The van der Waals surface area contributed by atoms with E-state index in [9.17, 15) is 4.79 Å². The fourth-order valence-electron chi connectivity index (χ4n) is 1.35. The summed E-state index contributed by atoms with van der Waals surface area (Å²) < 4.78 is 0. The highest BCUT2D eigenvalue weighted by Crippen LogP contribution is 2.13. The fourth-order valence-corrected chi connectivity index (χ4v) is 2.06. The molecule has 90 valence electrons. The number of aromatic nitrogens is 1. The number of anilines is 1. The van der Waals surface area contributed by atoms with Crippen molar-refractivity contribution in [2.75, 3.05) is 18.4 Å². The van der Waals surface area contributed by atoms with Gasteiger partial charge in [-0.15, -0.1) is 11.3 Å². The molecule has 1 aromatic rings. The Kier molecular flexibility index (Phi) is 6.03. The molecule has 0 aliphatic rings. The molecule has 0 aromatic carbocycles. The summed E-state index contributed by atoms with van der Waals surface area (Å²) in [5, 5.41) is 7.47. The first kappa shape index (κ1) is 13.1. The summed E-state index contributed by atoms with van der Waals surface area (Å²) in [4.78, 5) is 15.7. The third-order valence-corrected chi connectivity index (χ3v) is 3.08. The van der Waals surface area contributed by atoms with E-state index >= 15 is 0 Å². The monoisotopic (exact) mass is 242 g/mol. The molecule has 0 fully saturated rings. The molecule has 3 N–H and O–H groups in total. The normalized spacial score (nSPS) is 10.4. The van der Waals surface area contributed by atoms with Gasteiger partial charge in [-0.3, -0.25) is 10.1 Å². The largest absolute Gasteiger partial charge is 0.338 e. The van der Waals surface area contributed by atoms with Crippen LogP contribution < -0.4 is 10.6 Å². The van der Waals surface area contributed by atoms with Crippen LogP contribution in [0, 0.1) is 6.92 Å². The van der Waals surface area contributed by atoms with Crippen molar-refractivity contribution in [3.8, 4) is 0 Å². The van der Waals surface area contributed by atoms with Crippen LogP contribution in [0.2, 0.25) is 0 Å². The number of unbranched alkanes of at least 4 members (excludes halogenated alkanes) is 2. The average molecular weight is 242 g/mol. The van der Waals surface area contributed by atoms with Gasteiger partial charge in [-0.05, 0) is 19.8 Å². The number of carbonyl (C=O) groups is 1. The molecule has 0 aliphatic carbocycles. The summed E-state index contributed by atoms with van der Waals surface area (Å²) in [7, 11) is 0. The van der Waals surface area contributed by atoms with E-state index < -0.39 is 0 Å². The summed E-state index contributed by atoms with van der Waals surface area (Å²) in [5.74, 6) is 0.0332. The molecule has 0 atom stereocenters. The lowest BCUT2D eigenvalue weighted by Crippen LogP contribution is -2.86. The van der Waals surface area contributed by atoms with Crippen LogP contribution in [-0.2, 0) is 4.79 Å². The molecule has 1 amide bonds. The zero-order valence-electron chi connectivity index (χ0n) is 9.95. The number of thiazole rings is 1. The van der Waals surface area contributed by atoms with Crippen molar-refractivity contribution in [1.29, 1.82) is 0 Å². The minimum Gasteiger partial charge on any atom is -0.338 e. The summed E-state index contributed by atoms with van der Waals surface area (Å²) in [6.07, 6.45) is 3.64. The minimum absolute atomic E-state index is 0.0332. The number of nitrogens with one attached hydrogen (secondary N) is 1. The molecular formula is C11H20N3OS+. The maximum atomic E-state index is 11.5. The van der Waals surface area contributed by atoms with Gasteiger partial charge in [-0.1, -0.05) is 13.3 Å². The highest BCUT2D eigenvalue weighted by atomic mass is 32.1. The number of hydrogen-bond donors (Lipinski definition) is 2. The number of rotatable bonds is 7. The first-order valence-corrected chi connectivity index (χ1v) is 6.64. The second-order valence-corrected chi connectivity index (χ2v) is 4.69.